The first kappa shape index (κ1) is 23.9. The summed E-state index contributed by atoms with van der Waals surface area (Å²) >= 11 is 6.00. The number of anilines is 1. The molecule has 4 unspecified atom stereocenters. The number of amides is 1. The number of carbonyl (C=O) groups is 1. The van der Waals surface area contributed by atoms with Crippen molar-refractivity contribution in [1.29, 1.82) is 0 Å². The predicted octanol–water partition coefficient (Wildman–Crippen LogP) is 3.73. The quantitative estimate of drug-likeness (QED) is 0.566. The van der Waals surface area contributed by atoms with Crippen molar-refractivity contribution < 1.29 is 18.7 Å². The van der Waals surface area contributed by atoms with E-state index in [4.69, 9.17) is 26.1 Å². The van der Waals surface area contributed by atoms with Crippen LogP contribution in [0.3, 0.4) is 0 Å². The third kappa shape index (κ3) is 4.12. The van der Waals surface area contributed by atoms with E-state index in [1.807, 2.05) is 25.7 Å². The van der Waals surface area contributed by atoms with Crippen LogP contribution in [0.25, 0.3) is 10.9 Å². The van der Waals surface area contributed by atoms with E-state index >= 15 is 4.39 Å². The highest BCUT2D eigenvalue weighted by molar-refractivity contribution is 6.30. The van der Waals surface area contributed by atoms with Gasteiger partial charge in [0.2, 0.25) is 0 Å². The summed E-state index contributed by atoms with van der Waals surface area (Å²) in [6.07, 6.45) is 4.55. The molecule has 5 atom stereocenters. The Morgan fingerprint density at radius 1 is 1.22 bits per heavy atom. The van der Waals surface area contributed by atoms with Gasteiger partial charge < -0.3 is 19.3 Å². The minimum atomic E-state index is -0.682. The number of halogens is 2. The van der Waals surface area contributed by atoms with Gasteiger partial charge in [-0.2, -0.15) is 9.97 Å². The van der Waals surface area contributed by atoms with Crippen molar-refractivity contribution in [2.75, 3.05) is 38.2 Å². The topological polar surface area (TPSA) is 83.9 Å². The molecule has 0 spiro atoms. The first-order chi connectivity index (χ1) is 17.1. The normalized spacial score (nSPS) is 29.6. The molecule has 4 aliphatic rings. The molecule has 3 saturated heterocycles. The molecule has 1 aliphatic carbocycles. The summed E-state index contributed by atoms with van der Waals surface area (Å²) in [5.41, 5.74) is -0.454. The van der Waals surface area contributed by atoms with Gasteiger partial charge >= 0.3 is 12.1 Å². The smallest absolute Gasteiger partial charge is 0.410 e. The second-order valence-electron chi connectivity index (χ2n) is 11.5. The number of aromatic nitrogens is 3. The Labute approximate surface area is 214 Å². The zero-order valence-corrected chi connectivity index (χ0v) is 21.8. The molecule has 36 heavy (non-hydrogen) atoms. The lowest BCUT2D eigenvalue weighted by atomic mass is 10.1. The van der Waals surface area contributed by atoms with Gasteiger partial charge in [-0.15, -0.1) is 0 Å². The van der Waals surface area contributed by atoms with Crippen molar-refractivity contribution in [1.82, 2.24) is 24.8 Å². The molecule has 2 bridgehead atoms. The van der Waals surface area contributed by atoms with E-state index in [2.05, 4.69) is 26.8 Å². The highest BCUT2D eigenvalue weighted by Crippen LogP contribution is 2.56. The van der Waals surface area contributed by atoms with Crippen molar-refractivity contribution in [3.05, 3.63) is 17.2 Å². The average Bonchev–Trinajstić information content (AvgIpc) is 3.46. The Morgan fingerprint density at radius 3 is 2.58 bits per heavy atom. The van der Waals surface area contributed by atoms with Crippen LogP contribution in [-0.2, 0) is 4.74 Å². The number of pyridine rings is 1. The Hall–Kier alpha value is -2.46. The van der Waals surface area contributed by atoms with E-state index in [1.54, 1.807) is 0 Å². The molecule has 4 fully saturated rings. The number of likely N-dealkylation sites (N-methyl/N-ethyl adjacent to an activating group) is 1. The summed E-state index contributed by atoms with van der Waals surface area (Å²) < 4.78 is 26.8. The number of hydrogen-bond acceptors (Lipinski definition) is 8. The lowest BCUT2D eigenvalue weighted by Gasteiger charge is -2.44. The maximum Gasteiger partial charge on any atom is 0.410 e. The van der Waals surface area contributed by atoms with E-state index in [0.717, 1.165) is 25.8 Å². The Morgan fingerprint density at radius 2 is 1.94 bits per heavy atom. The predicted molar refractivity (Wildman–Crippen MR) is 133 cm³/mol. The number of fused-ring (bicyclic) bond motifs is 6. The van der Waals surface area contributed by atoms with E-state index in [9.17, 15) is 4.79 Å². The van der Waals surface area contributed by atoms with Gasteiger partial charge in [0.15, 0.2) is 11.0 Å². The first-order valence-electron chi connectivity index (χ1n) is 12.7. The van der Waals surface area contributed by atoms with Crippen LogP contribution in [0, 0.1) is 17.7 Å². The molecule has 0 N–H and O–H groups in total. The molecule has 0 aromatic carbocycles. The summed E-state index contributed by atoms with van der Waals surface area (Å²) in [7, 11) is 2.07. The Balaban J connectivity index is 1.31. The number of piperidine rings is 1. The molecule has 1 amide bonds. The van der Waals surface area contributed by atoms with Crippen molar-refractivity contribution in [3.8, 4) is 6.01 Å². The van der Waals surface area contributed by atoms with Crippen molar-refractivity contribution in [3.63, 3.8) is 0 Å². The second kappa shape index (κ2) is 8.55. The van der Waals surface area contributed by atoms with Crippen LogP contribution >= 0.6 is 11.6 Å². The largest absolute Gasteiger partial charge is 0.462 e. The maximum atomic E-state index is 15.1. The number of ether oxygens (including phenoxy) is 2. The molecule has 2 aromatic heterocycles. The third-order valence-corrected chi connectivity index (χ3v) is 8.25. The van der Waals surface area contributed by atoms with Crippen molar-refractivity contribution in [2.24, 2.45) is 11.8 Å². The fourth-order valence-electron chi connectivity index (χ4n) is 6.18. The number of hydrogen-bond donors (Lipinski definition) is 0. The maximum absolute atomic E-state index is 15.1. The number of piperazine rings is 1. The van der Waals surface area contributed by atoms with Gasteiger partial charge in [-0.1, -0.05) is 11.6 Å². The Bertz CT molecular complexity index is 1190. The lowest BCUT2D eigenvalue weighted by molar-refractivity contribution is 0.00676. The van der Waals surface area contributed by atoms with Gasteiger partial charge in [-0.3, -0.25) is 4.90 Å². The van der Waals surface area contributed by atoms with E-state index < -0.39 is 11.4 Å². The molecular formula is C25H32ClFN6O3. The van der Waals surface area contributed by atoms with Gasteiger partial charge in [0.05, 0.1) is 17.5 Å². The molecule has 3 aliphatic heterocycles. The summed E-state index contributed by atoms with van der Waals surface area (Å²) in [6.45, 7) is 8.28. The van der Waals surface area contributed by atoms with Crippen LogP contribution in [-0.4, -0.2) is 87.9 Å². The molecule has 11 heteroatoms. The van der Waals surface area contributed by atoms with E-state index in [1.165, 1.54) is 6.20 Å². The van der Waals surface area contributed by atoms with Crippen molar-refractivity contribution >= 4 is 34.4 Å². The highest BCUT2D eigenvalue weighted by Gasteiger charge is 2.63. The number of nitrogens with zero attached hydrogens (tertiary/aromatic N) is 6. The van der Waals surface area contributed by atoms with Crippen molar-refractivity contribution in [2.45, 2.75) is 63.8 Å². The first-order valence-corrected chi connectivity index (χ1v) is 13.1. The van der Waals surface area contributed by atoms with Crippen LogP contribution in [0.5, 0.6) is 6.01 Å². The third-order valence-electron chi connectivity index (χ3n) is 7.99. The zero-order chi connectivity index (χ0) is 25.4. The molecule has 5 heterocycles. The van der Waals surface area contributed by atoms with Crippen LogP contribution in [0.15, 0.2) is 6.20 Å². The van der Waals surface area contributed by atoms with Gasteiger partial charge in [0.1, 0.15) is 23.5 Å². The average molecular weight is 519 g/mol. The van der Waals surface area contributed by atoms with Gasteiger partial charge in [-0.05, 0) is 65.5 Å². The molecule has 1 saturated carbocycles. The molecule has 194 valence electrons. The fraction of sp³-hybridized carbons (Fsp3) is 0.680. The monoisotopic (exact) mass is 518 g/mol. The summed E-state index contributed by atoms with van der Waals surface area (Å²) in [6, 6.07) is 0.454. The van der Waals surface area contributed by atoms with Gasteiger partial charge in [-0.25, -0.2) is 14.2 Å². The van der Waals surface area contributed by atoms with Crippen LogP contribution in [0.4, 0.5) is 15.0 Å². The molecular weight excluding hydrogens is 487 g/mol. The summed E-state index contributed by atoms with van der Waals surface area (Å²) in [5, 5.41) is 0.255. The fourth-order valence-corrected chi connectivity index (χ4v) is 6.31. The van der Waals surface area contributed by atoms with Crippen LogP contribution in [0.1, 0.15) is 40.0 Å². The zero-order valence-electron chi connectivity index (χ0n) is 21.1. The van der Waals surface area contributed by atoms with Gasteiger partial charge in [0, 0.05) is 25.3 Å². The van der Waals surface area contributed by atoms with Gasteiger partial charge in [0.25, 0.3) is 0 Å². The lowest BCUT2D eigenvalue weighted by Crippen LogP contribution is -2.59. The molecule has 0 radical (unpaired) electrons. The number of likely N-dealkylation sites (tertiary alicyclic amines) is 1. The van der Waals surface area contributed by atoms with E-state index in [0.29, 0.717) is 42.7 Å². The number of rotatable bonds is 4. The molecule has 9 nitrogen and oxygen atoms in total. The Kier molecular flexibility index (Phi) is 5.68. The molecule has 6 rings (SSSR count). The minimum Gasteiger partial charge on any atom is -0.462 e. The summed E-state index contributed by atoms with van der Waals surface area (Å²) in [5.74, 6) is 0.800. The number of carbonyl (C=O) groups excluding carboxylic acids is 1. The van der Waals surface area contributed by atoms with Crippen LogP contribution < -0.4 is 9.64 Å². The SMILES string of the molecule is CN1CCC[C@H]1COc1nc(N2CC3C4CC4C(C2)N3C(=O)OC(C)(C)C)c2cnc(Cl)c(F)c2n1. The second-order valence-corrected chi connectivity index (χ2v) is 11.9. The highest BCUT2D eigenvalue weighted by atomic mass is 35.5. The standard InChI is InChI=1S/C25H32ClFN6O3/c1-25(2,3)36-24(34)33-17-10-32(11-18(33)15-8-14(15)17)22-16-9-28-21(26)19(27)20(16)29-23(30-22)35-12-13-6-5-7-31(13)4/h9,13-15,17-18H,5-8,10-12H2,1-4H3/t13-,14?,15?,17?,18?/m0/s1. The van der Waals surface area contributed by atoms with Crippen LogP contribution in [0.2, 0.25) is 5.15 Å². The minimum absolute atomic E-state index is 0.0234. The molecule has 2 aromatic rings. The summed E-state index contributed by atoms with van der Waals surface area (Å²) in [4.78, 5) is 32.5. The van der Waals surface area contributed by atoms with E-state index in [-0.39, 0.29) is 40.9 Å².